The first kappa shape index (κ1) is 21.7. The number of benzene rings is 2. The minimum atomic E-state index is -3.93. The van der Waals surface area contributed by atoms with Gasteiger partial charge in [0.2, 0.25) is 20.0 Å². The van der Waals surface area contributed by atoms with Crippen LogP contribution in [0.15, 0.2) is 52.3 Å². The average Bonchev–Trinajstić information content (AvgIpc) is 3.23. The summed E-state index contributed by atoms with van der Waals surface area (Å²) < 4.78 is 73.0. The quantitative estimate of drug-likeness (QED) is 0.712. The van der Waals surface area contributed by atoms with E-state index in [-0.39, 0.29) is 15.5 Å². The maximum absolute atomic E-state index is 13.9. The van der Waals surface area contributed by atoms with Gasteiger partial charge in [-0.3, -0.25) is 0 Å². The number of rotatable bonds is 7. The Balaban J connectivity index is 1.78. The predicted molar refractivity (Wildman–Crippen MR) is 106 cm³/mol. The smallest absolute Gasteiger partial charge is 0.243 e. The van der Waals surface area contributed by atoms with E-state index in [0.717, 1.165) is 12.8 Å². The van der Waals surface area contributed by atoms with Crippen LogP contribution >= 0.6 is 0 Å². The highest BCUT2D eigenvalue weighted by Crippen LogP contribution is 2.25. The van der Waals surface area contributed by atoms with E-state index in [1.165, 1.54) is 47.8 Å². The summed E-state index contributed by atoms with van der Waals surface area (Å²) in [5, 5.41) is 0. The van der Waals surface area contributed by atoms with Crippen molar-refractivity contribution in [1.82, 2.24) is 9.03 Å². The first-order chi connectivity index (χ1) is 13.6. The summed E-state index contributed by atoms with van der Waals surface area (Å²) in [6.45, 7) is 2.53. The summed E-state index contributed by atoms with van der Waals surface area (Å²) in [5.74, 6) is -0.522. The van der Waals surface area contributed by atoms with Crippen molar-refractivity contribution in [1.29, 1.82) is 0 Å². The van der Waals surface area contributed by atoms with E-state index in [4.69, 9.17) is 4.74 Å². The van der Waals surface area contributed by atoms with Gasteiger partial charge in [-0.2, -0.15) is 4.31 Å². The first-order valence-corrected chi connectivity index (χ1v) is 12.0. The molecule has 1 aliphatic rings. The lowest BCUT2D eigenvalue weighted by atomic mass is 10.1. The third kappa shape index (κ3) is 4.61. The van der Waals surface area contributed by atoms with Gasteiger partial charge < -0.3 is 4.74 Å². The Morgan fingerprint density at radius 1 is 1.00 bits per heavy atom. The van der Waals surface area contributed by atoms with Crippen molar-refractivity contribution >= 4 is 20.0 Å². The Kier molecular flexibility index (Phi) is 6.27. The molecule has 1 heterocycles. The zero-order chi connectivity index (χ0) is 21.2. The summed E-state index contributed by atoms with van der Waals surface area (Å²) >= 11 is 0. The standard InChI is InChI=1S/C19H23FN2O5S2/c1-14(15-5-10-19(27-2)18(20)13-15)21-28(23,24)16-6-8-17(9-7-16)29(25,26)22-11-3-4-12-22/h5-10,13-14,21H,3-4,11-12H2,1-2H3. The van der Waals surface area contributed by atoms with E-state index >= 15 is 0 Å². The van der Waals surface area contributed by atoms with Gasteiger partial charge in [0, 0.05) is 19.1 Å². The van der Waals surface area contributed by atoms with E-state index < -0.39 is 31.9 Å². The van der Waals surface area contributed by atoms with Crippen molar-refractivity contribution in [3.8, 4) is 5.75 Å². The second-order valence-electron chi connectivity index (χ2n) is 6.82. The lowest BCUT2D eigenvalue weighted by Crippen LogP contribution is -2.28. The zero-order valence-corrected chi connectivity index (χ0v) is 17.8. The van der Waals surface area contributed by atoms with Gasteiger partial charge in [0.25, 0.3) is 0 Å². The Morgan fingerprint density at radius 3 is 2.14 bits per heavy atom. The van der Waals surface area contributed by atoms with Crippen molar-refractivity contribution in [2.24, 2.45) is 0 Å². The highest BCUT2D eigenvalue weighted by atomic mass is 32.2. The fraction of sp³-hybridized carbons (Fsp3) is 0.368. The Morgan fingerprint density at radius 2 is 1.59 bits per heavy atom. The number of sulfonamides is 2. The molecular weight excluding hydrogens is 419 g/mol. The van der Waals surface area contributed by atoms with Crippen LogP contribution in [-0.4, -0.2) is 41.3 Å². The summed E-state index contributed by atoms with van der Waals surface area (Å²) in [5.41, 5.74) is 0.431. The molecule has 0 aliphatic carbocycles. The maximum Gasteiger partial charge on any atom is 0.243 e. The van der Waals surface area contributed by atoms with Crippen molar-refractivity contribution in [2.75, 3.05) is 20.2 Å². The molecule has 2 aromatic rings. The molecule has 1 saturated heterocycles. The minimum absolute atomic E-state index is 0.0589. The molecule has 0 bridgehead atoms. The third-order valence-corrected chi connectivity index (χ3v) is 8.31. The zero-order valence-electron chi connectivity index (χ0n) is 16.1. The van der Waals surface area contributed by atoms with Gasteiger partial charge in [-0.05, 0) is 61.7 Å². The molecule has 0 saturated carbocycles. The molecule has 3 rings (SSSR count). The summed E-state index contributed by atoms with van der Waals surface area (Å²) in [6.07, 6.45) is 1.64. The van der Waals surface area contributed by atoms with Crippen LogP contribution in [0.3, 0.4) is 0 Å². The summed E-state index contributed by atoms with van der Waals surface area (Å²) in [4.78, 5) is -0.0117. The normalized spacial score (nSPS) is 16.7. The first-order valence-electron chi connectivity index (χ1n) is 9.11. The maximum atomic E-state index is 13.9. The van der Waals surface area contributed by atoms with Crippen LogP contribution in [0.2, 0.25) is 0 Å². The minimum Gasteiger partial charge on any atom is -0.494 e. The van der Waals surface area contributed by atoms with E-state index in [1.807, 2.05) is 0 Å². The SMILES string of the molecule is COc1ccc(C(C)NS(=O)(=O)c2ccc(S(=O)(=O)N3CCCC3)cc2)cc1F. The fourth-order valence-corrected chi connectivity index (χ4v) is 5.94. The fourth-order valence-electron chi connectivity index (χ4n) is 3.19. The van der Waals surface area contributed by atoms with Crippen LogP contribution < -0.4 is 9.46 Å². The molecule has 158 valence electrons. The molecule has 10 heteroatoms. The number of nitrogens with one attached hydrogen (secondary N) is 1. The monoisotopic (exact) mass is 442 g/mol. The van der Waals surface area contributed by atoms with E-state index in [2.05, 4.69) is 4.72 Å². The van der Waals surface area contributed by atoms with Gasteiger partial charge >= 0.3 is 0 Å². The molecule has 1 aliphatic heterocycles. The topological polar surface area (TPSA) is 92.8 Å². The highest BCUT2D eigenvalue weighted by molar-refractivity contribution is 7.89. The van der Waals surface area contributed by atoms with Gasteiger partial charge in [0.05, 0.1) is 16.9 Å². The molecule has 0 amide bonds. The number of nitrogens with zero attached hydrogens (tertiary/aromatic N) is 1. The number of methoxy groups -OCH3 is 1. The molecule has 29 heavy (non-hydrogen) atoms. The Bertz CT molecular complexity index is 1080. The molecule has 1 fully saturated rings. The highest BCUT2D eigenvalue weighted by Gasteiger charge is 2.28. The van der Waals surface area contributed by atoms with E-state index in [9.17, 15) is 21.2 Å². The number of halogens is 1. The van der Waals surface area contributed by atoms with Gasteiger partial charge in [-0.15, -0.1) is 0 Å². The van der Waals surface area contributed by atoms with E-state index in [0.29, 0.717) is 18.7 Å². The van der Waals surface area contributed by atoms with Gasteiger partial charge in [-0.1, -0.05) is 6.07 Å². The molecular formula is C19H23FN2O5S2. The molecule has 0 spiro atoms. The molecule has 1 atom stereocenters. The van der Waals surface area contributed by atoms with Crippen molar-refractivity contribution in [3.63, 3.8) is 0 Å². The lowest BCUT2D eigenvalue weighted by molar-refractivity contribution is 0.386. The molecule has 0 radical (unpaired) electrons. The number of ether oxygens (including phenoxy) is 1. The second kappa shape index (κ2) is 8.39. The van der Waals surface area contributed by atoms with Crippen LogP contribution in [0.5, 0.6) is 5.75 Å². The second-order valence-corrected chi connectivity index (χ2v) is 10.5. The van der Waals surface area contributed by atoms with Crippen LogP contribution in [0.1, 0.15) is 31.4 Å². The van der Waals surface area contributed by atoms with Crippen molar-refractivity contribution < 1.29 is 26.0 Å². The lowest BCUT2D eigenvalue weighted by Gasteiger charge is -2.17. The average molecular weight is 443 g/mol. The predicted octanol–water partition coefficient (Wildman–Crippen LogP) is 2.66. The Labute approximate surface area is 170 Å². The molecule has 1 unspecified atom stereocenters. The molecule has 2 aromatic carbocycles. The largest absolute Gasteiger partial charge is 0.494 e. The molecule has 1 N–H and O–H groups in total. The van der Waals surface area contributed by atoms with Crippen molar-refractivity contribution in [3.05, 3.63) is 53.8 Å². The van der Waals surface area contributed by atoms with Crippen LogP contribution in [0.25, 0.3) is 0 Å². The van der Waals surface area contributed by atoms with Crippen molar-refractivity contribution in [2.45, 2.75) is 35.6 Å². The molecule has 0 aromatic heterocycles. The summed E-state index contributed by atoms with van der Waals surface area (Å²) in [7, 11) is -6.20. The Hall–Kier alpha value is -2.01. The van der Waals surface area contributed by atoms with Gasteiger partial charge in [0.1, 0.15) is 0 Å². The van der Waals surface area contributed by atoms with Gasteiger partial charge in [0.15, 0.2) is 11.6 Å². The number of hydrogen-bond donors (Lipinski definition) is 1. The van der Waals surface area contributed by atoms with Crippen LogP contribution in [-0.2, 0) is 20.0 Å². The van der Waals surface area contributed by atoms with Gasteiger partial charge in [-0.25, -0.2) is 25.9 Å². The number of hydrogen-bond acceptors (Lipinski definition) is 5. The van der Waals surface area contributed by atoms with E-state index in [1.54, 1.807) is 13.0 Å². The van der Waals surface area contributed by atoms with Crippen LogP contribution in [0, 0.1) is 5.82 Å². The molecule has 7 nitrogen and oxygen atoms in total. The van der Waals surface area contributed by atoms with Crippen LogP contribution in [0.4, 0.5) is 4.39 Å². The third-order valence-electron chi connectivity index (χ3n) is 4.84. The summed E-state index contributed by atoms with van der Waals surface area (Å²) in [6, 6.07) is 8.60.